The molecule has 0 atom stereocenters. The van der Waals surface area contributed by atoms with Gasteiger partial charge >= 0.3 is 0 Å². The zero-order valence-corrected chi connectivity index (χ0v) is 21.5. The van der Waals surface area contributed by atoms with Gasteiger partial charge in [0.25, 0.3) is 0 Å². The number of nitrogens with zero attached hydrogens (tertiary/aromatic N) is 3. The van der Waals surface area contributed by atoms with Crippen molar-refractivity contribution >= 4 is 0 Å². The molecule has 6 nitrogen and oxygen atoms in total. The molecule has 188 valence electrons. The Morgan fingerprint density at radius 1 is 0.944 bits per heavy atom. The second-order valence-electron chi connectivity index (χ2n) is 9.99. The molecule has 6 heteroatoms. The smallest absolute Gasteiger partial charge is 0.217 e. The van der Waals surface area contributed by atoms with Crippen LogP contribution < -0.4 is 0 Å². The van der Waals surface area contributed by atoms with Crippen LogP contribution >= 0.6 is 0 Å². The zero-order valence-electron chi connectivity index (χ0n) is 21.5. The van der Waals surface area contributed by atoms with E-state index in [2.05, 4.69) is 58.9 Å². The van der Waals surface area contributed by atoms with E-state index in [1.54, 1.807) is 0 Å². The summed E-state index contributed by atoms with van der Waals surface area (Å²) in [5.74, 6) is 0.724. The molecule has 36 heavy (non-hydrogen) atoms. The van der Waals surface area contributed by atoms with Gasteiger partial charge in [0.1, 0.15) is 0 Å². The molecule has 0 saturated carbocycles. The highest BCUT2D eigenvalue weighted by atomic mass is 16.7. The number of benzene rings is 2. The van der Waals surface area contributed by atoms with Gasteiger partial charge in [0.05, 0.1) is 30.3 Å². The number of aryl methyl sites for hydroxylation is 3. The number of aromatic amines is 1. The number of rotatable bonds is 9. The molecule has 1 saturated heterocycles. The van der Waals surface area contributed by atoms with Crippen LogP contribution in [0, 0.1) is 19.3 Å². The molecule has 3 heterocycles. The first-order chi connectivity index (χ1) is 17.6. The Morgan fingerprint density at radius 3 is 2.22 bits per heavy atom. The Hall–Kier alpha value is -3.22. The Morgan fingerprint density at radius 2 is 1.61 bits per heavy atom. The first-order valence-corrected chi connectivity index (χ1v) is 13.0. The highest BCUT2D eigenvalue weighted by Gasteiger charge is 2.37. The molecule has 0 unspecified atom stereocenters. The van der Waals surface area contributed by atoms with Crippen molar-refractivity contribution in [3.8, 4) is 22.5 Å². The van der Waals surface area contributed by atoms with E-state index < -0.39 is 6.29 Å². The molecule has 0 amide bonds. The third-order valence-corrected chi connectivity index (χ3v) is 7.32. The van der Waals surface area contributed by atoms with Gasteiger partial charge in [0.15, 0.2) is 5.82 Å². The number of hydrogen-bond donors (Lipinski definition) is 1. The third kappa shape index (κ3) is 5.30. The Balaban J connectivity index is 1.25. The van der Waals surface area contributed by atoms with Gasteiger partial charge in [0, 0.05) is 28.8 Å². The van der Waals surface area contributed by atoms with Gasteiger partial charge in [-0.15, -0.1) is 0 Å². The lowest BCUT2D eigenvalue weighted by atomic mass is 9.81. The van der Waals surface area contributed by atoms with E-state index in [4.69, 9.17) is 14.5 Å². The minimum atomic E-state index is -0.487. The second-order valence-corrected chi connectivity index (χ2v) is 9.99. The molecule has 1 aliphatic rings. The maximum absolute atomic E-state index is 6.32. The Labute approximate surface area is 213 Å². The van der Waals surface area contributed by atoms with Crippen LogP contribution in [0.4, 0.5) is 0 Å². The van der Waals surface area contributed by atoms with Gasteiger partial charge in [-0.05, 0) is 39.2 Å². The fraction of sp³-hybridized carbons (Fsp3) is 0.400. The van der Waals surface area contributed by atoms with Crippen molar-refractivity contribution in [2.75, 3.05) is 13.2 Å². The van der Waals surface area contributed by atoms with Crippen molar-refractivity contribution in [1.29, 1.82) is 0 Å². The van der Waals surface area contributed by atoms with E-state index >= 15 is 0 Å². The SMILES string of the molecule is CCC1(CCCCn2nc(C)cc2C)COC(c2nc(-c3ccccc3)c(-c3ccccc3)[nH]2)OC1. The van der Waals surface area contributed by atoms with Crippen molar-refractivity contribution < 1.29 is 9.47 Å². The van der Waals surface area contributed by atoms with E-state index in [1.165, 1.54) is 5.69 Å². The minimum Gasteiger partial charge on any atom is -0.345 e. The van der Waals surface area contributed by atoms with Crippen molar-refractivity contribution in [2.45, 2.75) is 59.3 Å². The highest BCUT2D eigenvalue weighted by Crippen LogP contribution is 2.39. The van der Waals surface area contributed by atoms with Gasteiger partial charge in [-0.3, -0.25) is 4.68 Å². The number of imidazole rings is 1. The second kappa shape index (κ2) is 10.8. The predicted octanol–water partition coefficient (Wildman–Crippen LogP) is 6.87. The number of aromatic nitrogens is 4. The standard InChI is InChI=1S/C30H36N4O2/c1-4-30(17-11-12-18-34-23(3)19-22(2)33-34)20-35-29(36-21-30)28-31-26(24-13-7-5-8-14-24)27(32-28)25-15-9-6-10-16-25/h5-10,13-16,19,29H,4,11-12,17-18,20-21H2,1-3H3,(H,31,32). The largest absolute Gasteiger partial charge is 0.345 e. The molecular formula is C30H36N4O2. The van der Waals surface area contributed by atoms with Crippen molar-refractivity contribution in [2.24, 2.45) is 5.41 Å². The van der Waals surface area contributed by atoms with E-state index in [-0.39, 0.29) is 5.41 Å². The zero-order chi connectivity index (χ0) is 25.0. The van der Waals surface area contributed by atoms with Crippen LogP contribution in [-0.2, 0) is 16.0 Å². The first-order valence-electron chi connectivity index (χ1n) is 13.0. The molecule has 0 bridgehead atoms. The molecule has 5 rings (SSSR count). The van der Waals surface area contributed by atoms with Crippen LogP contribution in [0.2, 0.25) is 0 Å². The third-order valence-electron chi connectivity index (χ3n) is 7.32. The van der Waals surface area contributed by atoms with Crippen LogP contribution in [-0.4, -0.2) is 33.0 Å². The van der Waals surface area contributed by atoms with Gasteiger partial charge in [-0.2, -0.15) is 5.10 Å². The summed E-state index contributed by atoms with van der Waals surface area (Å²) in [6.45, 7) is 8.72. The summed E-state index contributed by atoms with van der Waals surface area (Å²) < 4.78 is 14.7. The Bertz CT molecular complexity index is 1200. The van der Waals surface area contributed by atoms with Gasteiger partial charge in [-0.25, -0.2) is 4.98 Å². The molecular weight excluding hydrogens is 448 g/mol. The minimum absolute atomic E-state index is 0.0443. The van der Waals surface area contributed by atoms with Crippen LogP contribution in [0.3, 0.4) is 0 Å². The van der Waals surface area contributed by atoms with Crippen LogP contribution in [0.25, 0.3) is 22.5 Å². The molecule has 1 fully saturated rings. The van der Waals surface area contributed by atoms with E-state index in [1.807, 2.05) is 43.3 Å². The lowest BCUT2D eigenvalue weighted by Gasteiger charge is -2.39. The van der Waals surface area contributed by atoms with Gasteiger partial charge < -0.3 is 14.5 Å². The average molecular weight is 485 g/mol. The first kappa shape index (κ1) is 24.5. The molecule has 2 aromatic heterocycles. The monoisotopic (exact) mass is 484 g/mol. The predicted molar refractivity (Wildman–Crippen MR) is 142 cm³/mol. The highest BCUT2D eigenvalue weighted by molar-refractivity contribution is 5.78. The lowest BCUT2D eigenvalue weighted by molar-refractivity contribution is -0.239. The molecule has 1 aliphatic heterocycles. The van der Waals surface area contributed by atoms with E-state index in [9.17, 15) is 0 Å². The maximum Gasteiger partial charge on any atom is 0.217 e. The fourth-order valence-electron chi connectivity index (χ4n) is 5.06. The lowest BCUT2D eigenvalue weighted by Crippen LogP contribution is -2.38. The summed E-state index contributed by atoms with van der Waals surface area (Å²) in [4.78, 5) is 8.48. The number of unbranched alkanes of at least 4 members (excludes halogenated alkanes) is 1. The summed E-state index contributed by atoms with van der Waals surface area (Å²) in [6.07, 6.45) is 3.85. The summed E-state index contributed by atoms with van der Waals surface area (Å²) >= 11 is 0. The van der Waals surface area contributed by atoms with E-state index in [0.29, 0.717) is 13.2 Å². The summed E-state index contributed by atoms with van der Waals surface area (Å²) in [5, 5.41) is 4.59. The number of nitrogens with one attached hydrogen (secondary N) is 1. The number of ether oxygens (including phenoxy) is 2. The van der Waals surface area contributed by atoms with Gasteiger partial charge in [-0.1, -0.05) is 74.0 Å². The van der Waals surface area contributed by atoms with Crippen molar-refractivity contribution in [1.82, 2.24) is 19.7 Å². The topological polar surface area (TPSA) is 65.0 Å². The Kier molecular flexibility index (Phi) is 7.35. The van der Waals surface area contributed by atoms with Crippen LogP contribution in [0.5, 0.6) is 0 Å². The molecule has 1 N–H and O–H groups in total. The number of H-pyrrole nitrogens is 1. The quantitative estimate of drug-likeness (QED) is 0.263. The van der Waals surface area contributed by atoms with Crippen LogP contribution in [0.1, 0.15) is 56.1 Å². The molecule has 0 radical (unpaired) electrons. The number of hydrogen-bond acceptors (Lipinski definition) is 4. The van der Waals surface area contributed by atoms with Crippen LogP contribution in [0.15, 0.2) is 66.7 Å². The summed E-state index contributed by atoms with van der Waals surface area (Å²) in [5.41, 5.74) is 6.43. The molecule has 0 aliphatic carbocycles. The average Bonchev–Trinajstić information content (AvgIpc) is 3.51. The normalized spacial score (nSPS) is 20.0. The van der Waals surface area contributed by atoms with Crippen molar-refractivity contribution in [3.05, 3.63) is 83.9 Å². The van der Waals surface area contributed by atoms with Crippen molar-refractivity contribution in [3.63, 3.8) is 0 Å². The summed E-state index contributed by atoms with van der Waals surface area (Å²) in [6, 6.07) is 22.7. The fourth-order valence-corrected chi connectivity index (χ4v) is 5.06. The molecule has 0 spiro atoms. The van der Waals surface area contributed by atoms with E-state index in [0.717, 1.165) is 66.3 Å². The maximum atomic E-state index is 6.32. The van der Waals surface area contributed by atoms with Gasteiger partial charge in [0.2, 0.25) is 6.29 Å². The molecule has 2 aromatic carbocycles. The molecule has 4 aromatic rings. The summed E-state index contributed by atoms with van der Waals surface area (Å²) in [7, 11) is 0.